The summed E-state index contributed by atoms with van der Waals surface area (Å²) in [6, 6.07) is 0. The predicted octanol–water partition coefficient (Wildman–Crippen LogP) is 4.79. The highest BCUT2D eigenvalue weighted by atomic mass is 19.4. The highest BCUT2D eigenvalue weighted by Gasteiger charge is 2.87. The van der Waals surface area contributed by atoms with Gasteiger partial charge in [-0.1, -0.05) is 0 Å². The van der Waals surface area contributed by atoms with Gasteiger partial charge in [-0.2, -0.15) is 48.3 Å². The molecule has 0 rings (SSSR count). The smallest absolute Gasteiger partial charge is 0.244 e. The van der Waals surface area contributed by atoms with E-state index in [1.165, 1.54) is 0 Å². The van der Waals surface area contributed by atoms with Crippen LogP contribution in [0.4, 0.5) is 57.1 Å². The molecule has 0 heterocycles. The van der Waals surface area contributed by atoms with Crippen LogP contribution < -0.4 is 0 Å². The Morgan fingerprint density at radius 2 is 0.905 bits per heavy atom. The molecule has 0 nitrogen and oxygen atoms in total. The van der Waals surface area contributed by atoms with Gasteiger partial charge in [0, 0.05) is 0 Å². The standard InChI is InChI=1S/C8H5F13/c1-3(10,6(15,16)8(19,20)21)5(13,14)7(17,18)4(11,12)2-9/h2H2,1H3. The van der Waals surface area contributed by atoms with Crippen LogP contribution in [0.5, 0.6) is 0 Å². The minimum Gasteiger partial charge on any atom is -0.244 e. The maximum Gasteiger partial charge on any atom is 0.457 e. The molecule has 0 bridgehead atoms. The van der Waals surface area contributed by atoms with E-state index in [4.69, 9.17) is 0 Å². The largest absolute Gasteiger partial charge is 0.457 e. The van der Waals surface area contributed by atoms with Gasteiger partial charge in [0.25, 0.3) is 0 Å². The van der Waals surface area contributed by atoms with Crippen molar-refractivity contribution in [3.05, 3.63) is 0 Å². The van der Waals surface area contributed by atoms with Gasteiger partial charge in [0.15, 0.2) is 6.67 Å². The molecular weight excluding hydrogens is 343 g/mol. The first-order chi connectivity index (χ1) is 8.81. The van der Waals surface area contributed by atoms with Crippen LogP contribution in [-0.4, -0.2) is 42.2 Å². The number of alkyl halides is 13. The van der Waals surface area contributed by atoms with Crippen molar-refractivity contribution in [2.24, 2.45) is 0 Å². The Morgan fingerprint density at radius 3 is 1.14 bits per heavy atom. The van der Waals surface area contributed by atoms with Gasteiger partial charge in [0.1, 0.15) is 0 Å². The second-order valence-electron chi connectivity index (χ2n) is 4.06. The summed E-state index contributed by atoms with van der Waals surface area (Å²) in [4.78, 5) is 0. The molecule has 0 aliphatic rings. The van der Waals surface area contributed by atoms with Gasteiger partial charge in [-0.25, -0.2) is 8.78 Å². The van der Waals surface area contributed by atoms with Crippen LogP contribution >= 0.6 is 0 Å². The van der Waals surface area contributed by atoms with E-state index in [0.717, 1.165) is 0 Å². The SMILES string of the molecule is CC(F)(C(F)(F)C(F)(F)F)C(F)(F)C(F)(F)C(F)(F)CF. The van der Waals surface area contributed by atoms with Gasteiger partial charge in [-0.3, -0.25) is 0 Å². The molecule has 0 aliphatic carbocycles. The Labute approximate surface area is 107 Å². The summed E-state index contributed by atoms with van der Waals surface area (Å²) in [6.45, 7) is -4.87. The van der Waals surface area contributed by atoms with Crippen LogP contribution in [0.25, 0.3) is 0 Å². The molecule has 13 heteroatoms. The quantitative estimate of drug-likeness (QED) is 0.627. The first-order valence-electron chi connectivity index (χ1n) is 4.64. The molecule has 0 aromatic carbocycles. The number of rotatable bonds is 5. The third kappa shape index (κ3) is 2.51. The Kier molecular flexibility index (Phi) is 4.59. The molecule has 21 heavy (non-hydrogen) atoms. The molecule has 0 saturated heterocycles. The molecule has 0 aromatic heterocycles. The van der Waals surface area contributed by atoms with Crippen LogP contribution in [0.15, 0.2) is 0 Å². The predicted molar refractivity (Wildman–Crippen MR) is 41.3 cm³/mol. The van der Waals surface area contributed by atoms with Gasteiger partial charge >= 0.3 is 29.9 Å². The van der Waals surface area contributed by atoms with E-state index >= 15 is 0 Å². The fraction of sp³-hybridized carbons (Fsp3) is 1.00. The van der Waals surface area contributed by atoms with E-state index in [9.17, 15) is 57.1 Å². The maximum absolute atomic E-state index is 13.1. The molecule has 0 N–H and O–H groups in total. The summed E-state index contributed by atoms with van der Waals surface area (Å²) in [7, 11) is 0. The van der Waals surface area contributed by atoms with Crippen LogP contribution in [0.3, 0.4) is 0 Å². The van der Waals surface area contributed by atoms with E-state index < -0.39 is 49.1 Å². The first kappa shape index (κ1) is 20.1. The van der Waals surface area contributed by atoms with Crippen LogP contribution in [0.1, 0.15) is 6.92 Å². The van der Waals surface area contributed by atoms with Crippen molar-refractivity contribution in [3.8, 4) is 0 Å². The zero-order chi connectivity index (χ0) is 17.7. The van der Waals surface area contributed by atoms with E-state index in [1.807, 2.05) is 0 Å². The molecule has 0 saturated carbocycles. The van der Waals surface area contributed by atoms with Crippen molar-refractivity contribution in [2.45, 2.75) is 42.5 Å². The molecular formula is C8H5F13. The van der Waals surface area contributed by atoms with Crippen LogP contribution in [0.2, 0.25) is 0 Å². The summed E-state index contributed by atoms with van der Waals surface area (Å²) in [5.41, 5.74) is -6.47. The van der Waals surface area contributed by atoms with Crippen molar-refractivity contribution in [1.29, 1.82) is 0 Å². The summed E-state index contributed by atoms with van der Waals surface area (Å²) in [5, 5.41) is 0. The van der Waals surface area contributed by atoms with Gasteiger partial charge in [-0.05, 0) is 6.92 Å². The van der Waals surface area contributed by atoms with E-state index in [1.54, 1.807) is 0 Å². The summed E-state index contributed by atoms with van der Waals surface area (Å²) in [6.07, 6.45) is -7.08. The van der Waals surface area contributed by atoms with Crippen molar-refractivity contribution in [3.63, 3.8) is 0 Å². The normalized spacial score (nSPS) is 18.6. The summed E-state index contributed by atoms with van der Waals surface area (Å²) in [5.74, 6) is -27.9. The fourth-order valence-electron chi connectivity index (χ4n) is 1.07. The number of hydrogen-bond donors (Lipinski definition) is 0. The molecule has 1 atom stereocenters. The van der Waals surface area contributed by atoms with Gasteiger partial charge in [0.2, 0.25) is 5.67 Å². The number of hydrogen-bond acceptors (Lipinski definition) is 0. The van der Waals surface area contributed by atoms with Crippen molar-refractivity contribution < 1.29 is 57.1 Å². The third-order valence-corrected chi connectivity index (χ3v) is 2.56. The molecule has 128 valence electrons. The molecule has 1 unspecified atom stereocenters. The maximum atomic E-state index is 13.1. The van der Waals surface area contributed by atoms with Crippen molar-refractivity contribution in [2.75, 3.05) is 6.67 Å². The lowest BCUT2D eigenvalue weighted by molar-refractivity contribution is -0.406. The monoisotopic (exact) mass is 348 g/mol. The van der Waals surface area contributed by atoms with E-state index in [-0.39, 0.29) is 0 Å². The van der Waals surface area contributed by atoms with Crippen molar-refractivity contribution in [1.82, 2.24) is 0 Å². The fourth-order valence-corrected chi connectivity index (χ4v) is 1.07. The molecule has 0 amide bonds. The molecule has 0 spiro atoms. The third-order valence-electron chi connectivity index (χ3n) is 2.56. The van der Waals surface area contributed by atoms with E-state index in [0.29, 0.717) is 0 Å². The molecule has 0 fully saturated rings. The summed E-state index contributed by atoms with van der Waals surface area (Å²) < 4.78 is 161. The Morgan fingerprint density at radius 1 is 0.571 bits per heavy atom. The van der Waals surface area contributed by atoms with Gasteiger partial charge in [-0.15, -0.1) is 0 Å². The zero-order valence-electron chi connectivity index (χ0n) is 9.62. The lowest BCUT2D eigenvalue weighted by atomic mass is 9.85. The lowest BCUT2D eigenvalue weighted by Gasteiger charge is -2.41. The number of halogens is 13. The molecule has 0 aromatic rings. The minimum atomic E-state index is -7.24. The molecule has 0 aliphatic heterocycles. The Balaban J connectivity index is 6.14. The average Bonchev–Trinajstić information content (AvgIpc) is 2.26. The van der Waals surface area contributed by atoms with Crippen molar-refractivity contribution >= 4 is 0 Å². The second kappa shape index (κ2) is 4.80. The van der Waals surface area contributed by atoms with Gasteiger partial charge in [0.05, 0.1) is 0 Å². The average molecular weight is 348 g/mol. The first-order valence-corrected chi connectivity index (χ1v) is 4.64. The zero-order valence-corrected chi connectivity index (χ0v) is 9.62. The lowest BCUT2D eigenvalue weighted by Crippen LogP contribution is -2.71. The Hall–Kier alpha value is -0.910. The second-order valence-corrected chi connectivity index (χ2v) is 4.06. The highest BCUT2D eigenvalue weighted by molar-refractivity contribution is 5.12. The minimum absolute atomic E-state index is 1.33. The van der Waals surface area contributed by atoms with E-state index in [2.05, 4.69) is 0 Å². The summed E-state index contributed by atoms with van der Waals surface area (Å²) >= 11 is 0. The van der Waals surface area contributed by atoms with Gasteiger partial charge < -0.3 is 0 Å². The van der Waals surface area contributed by atoms with Crippen LogP contribution in [0, 0.1) is 0 Å². The topological polar surface area (TPSA) is 0 Å². The molecule has 0 radical (unpaired) electrons. The Bertz CT molecular complexity index is 376. The highest BCUT2D eigenvalue weighted by Crippen LogP contribution is 2.59. The van der Waals surface area contributed by atoms with Crippen LogP contribution in [-0.2, 0) is 0 Å².